The first-order valence-corrected chi connectivity index (χ1v) is 8.28. The number of ether oxygens (including phenoxy) is 1. The molecule has 0 saturated heterocycles. The lowest BCUT2D eigenvalue weighted by Crippen LogP contribution is -2.20. The van der Waals surface area contributed by atoms with Crippen molar-refractivity contribution in [2.24, 2.45) is 0 Å². The normalized spacial score (nSPS) is 16.5. The molecule has 0 atom stereocenters. The highest BCUT2D eigenvalue weighted by Gasteiger charge is 2.13. The SMILES string of the molecule is CCNc1cc(NC2CCCCCC2)nc(COCC)n1. The largest absolute Gasteiger partial charge is 0.374 e. The number of hydrogen-bond acceptors (Lipinski definition) is 5. The minimum absolute atomic E-state index is 0.467. The highest BCUT2D eigenvalue weighted by molar-refractivity contribution is 5.48. The second-order valence-electron chi connectivity index (χ2n) is 5.55. The van der Waals surface area contributed by atoms with Crippen LogP contribution in [-0.4, -0.2) is 29.2 Å². The van der Waals surface area contributed by atoms with Gasteiger partial charge in [0.2, 0.25) is 0 Å². The summed E-state index contributed by atoms with van der Waals surface area (Å²) in [7, 11) is 0. The number of rotatable bonds is 7. The van der Waals surface area contributed by atoms with Crippen LogP contribution in [0.25, 0.3) is 0 Å². The summed E-state index contributed by atoms with van der Waals surface area (Å²) in [5, 5.41) is 6.86. The summed E-state index contributed by atoms with van der Waals surface area (Å²) < 4.78 is 5.44. The van der Waals surface area contributed by atoms with E-state index < -0.39 is 0 Å². The molecule has 0 aliphatic heterocycles. The van der Waals surface area contributed by atoms with Crippen LogP contribution in [0.1, 0.15) is 58.2 Å². The Labute approximate surface area is 127 Å². The molecule has 1 aromatic rings. The fourth-order valence-electron chi connectivity index (χ4n) is 2.73. The standard InChI is InChI=1S/C16H28N4O/c1-3-17-14-11-15(20-16(19-14)12-21-4-2)18-13-9-7-5-6-8-10-13/h11,13H,3-10,12H2,1-2H3,(H2,17,18,19,20). The molecule has 2 rings (SSSR count). The zero-order valence-electron chi connectivity index (χ0n) is 13.3. The molecule has 5 nitrogen and oxygen atoms in total. The van der Waals surface area contributed by atoms with Crippen LogP contribution in [0.15, 0.2) is 6.07 Å². The van der Waals surface area contributed by atoms with Crippen LogP contribution in [0.4, 0.5) is 11.6 Å². The van der Waals surface area contributed by atoms with E-state index in [-0.39, 0.29) is 0 Å². The fourth-order valence-corrected chi connectivity index (χ4v) is 2.73. The summed E-state index contributed by atoms with van der Waals surface area (Å²) >= 11 is 0. The lowest BCUT2D eigenvalue weighted by atomic mass is 10.1. The molecule has 21 heavy (non-hydrogen) atoms. The van der Waals surface area contributed by atoms with Gasteiger partial charge >= 0.3 is 0 Å². The lowest BCUT2D eigenvalue weighted by molar-refractivity contribution is 0.128. The molecule has 5 heteroatoms. The van der Waals surface area contributed by atoms with Crippen LogP contribution in [0.2, 0.25) is 0 Å². The van der Waals surface area contributed by atoms with E-state index in [9.17, 15) is 0 Å². The van der Waals surface area contributed by atoms with Crippen molar-refractivity contribution < 1.29 is 4.74 Å². The van der Waals surface area contributed by atoms with E-state index in [0.717, 1.165) is 24.0 Å². The quantitative estimate of drug-likeness (QED) is 0.752. The molecule has 0 bridgehead atoms. The van der Waals surface area contributed by atoms with E-state index in [1.807, 2.05) is 13.0 Å². The third-order valence-electron chi connectivity index (χ3n) is 3.77. The highest BCUT2D eigenvalue weighted by atomic mass is 16.5. The predicted molar refractivity (Wildman–Crippen MR) is 86.6 cm³/mol. The molecule has 0 radical (unpaired) electrons. The van der Waals surface area contributed by atoms with E-state index in [2.05, 4.69) is 27.5 Å². The van der Waals surface area contributed by atoms with Crippen molar-refractivity contribution in [1.82, 2.24) is 9.97 Å². The zero-order chi connectivity index (χ0) is 14.9. The van der Waals surface area contributed by atoms with E-state index in [4.69, 9.17) is 4.74 Å². The Balaban J connectivity index is 2.06. The van der Waals surface area contributed by atoms with Crippen molar-refractivity contribution in [3.8, 4) is 0 Å². The van der Waals surface area contributed by atoms with Crippen molar-refractivity contribution in [2.75, 3.05) is 23.8 Å². The van der Waals surface area contributed by atoms with Gasteiger partial charge in [0.1, 0.15) is 18.2 Å². The van der Waals surface area contributed by atoms with Crippen LogP contribution >= 0.6 is 0 Å². The van der Waals surface area contributed by atoms with Gasteiger partial charge in [-0.1, -0.05) is 25.7 Å². The van der Waals surface area contributed by atoms with Crippen LogP contribution in [-0.2, 0) is 11.3 Å². The molecule has 1 fully saturated rings. The molecule has 2 N–H and O–H groups in total. The molecular weight excluding hydrogens is 264 g/mol. The Morgan fingerprint density at radius 2 is 1.81 bits per heavy atom. The van der Waals surface area contributed by atoms with E-state index in [0.29, 0.717) is 19.3 Å². The second-order valence-corrected chi connectivity index (χ2v) is 5.55. The molecule has 1 aliphatic carbocycles. The summed E-state index contributed by atoms with van der Waals surface area (Å²) in [5.41, 5.74) is 0. The van der Waals surface area contributed by atoms with Crippen molar-refractivity contribution in [3.63, 3.8) is 0 Å². The average molecular weight is 292 g/mol. The Hall–Kier alpha value is -1.36. The first kappa shape index (κ1) is 16.0. The predicted octanol–water partition coefficient (Wildman–Crippen LogP) is 3.58. The number of anilines is 2. The number of hydrogen-bond donors (Lipinski definition) is 2. The van der Waals surface area contributed by atoms with Crippen LogP contribution in [0.5, 0.6) is 0 Å². The van der Waals surface area contributed by atoms with Gasteiger partial charge in [0.05, 0.1) is 0 Å². The maximum absolute atomic E-state index is 5.44. The van der Waals surface area contributed by atoms with Gasteiger partial charge in [0.25, 0.3) is 0 Å². The topological polar surface area (TPSA) is 59.1 Å². The van der Waals surface area contributed by atoms with Gasteiger partial charge in [-0.3, -0.25) is 0 Å². The summed E-state index contributed by atoms with van der Waals surface area (Å²) in [6.45, 7) is 6.06. The van der Waals surface area contributed by atoms with E-state index in [1.165, 1.54) is 38.5 Å². The van der Waals surface area contributed by atoms with Gasteiger partial charge in [-0.15, -0.1) is 0 Å². The molecule has 1 saturated carbocycles. The van der Waals surface area contributed by atoms with Crippen molar-refractivity contribution in [3.05, 3.63) is 11.9 Å². The minimum atomic E-state index is 0.467. The van der Waals surface area contributed by atoms with Crippen molar-refractivity contribution in [1.29, 1.82) is 0 Å². The van der Waals surface area contributed by atoms with Gasteiger partial charge < -0.3 is 15.4 Å². The van der Waals surface area contributed by atoms with Gasteiger partial charge in [0, 0.05) is 25.3 Å². The molecule has 0 amide bonds. The molecule has 1 aliphatic rings. The number of nitrogens with one attached hydrogen (secondary N) is 2. The molecule has 0 spiro atoms. The monoisotopic (exact) mass is 292 g/mol. The van der Waals surface area contributed by atoms with Gasteiger partial charge in [-0.05, 0) is 26.7 Å². The maximum Gasteiger partial charge on any atom is 0.158 e. The number of nitrogens with zero attached hydrogens (tertiary/aromatic N) is 2. The Morgan fingerprint density at radius 1 is 1.10 bits per heavy atom. The van der Waals surface area contributed by atoms with Crippen molar-refractivity contribution >= 4 is 11.6 Å². The maximum atomic E-state index is 5.44. The molecular formula is C16H28N4O. The molecule has 1 aromatic heterocycles. The third kappa shape index (κ3) is 5.50. The van der Waals surface area contributed by atoms with Crippen LogP contribution in [0, 0.1) is 0 Å². The van der Waals surface area contributed by atoms with Gasteiger partial charge in [-0.25, -0.2) is 9.97 Å². The summed E-state index contributed by atoms with van der Waals surface area (Å²) in [6, 6.07) is 2.54. The summed E-state index contributed by atoms with van der Waals surface area (Å²) in [5.74, 6) is 2.53. The Kier molecular flexibility index (Phi) is 6.73. The van der Waals surface area contributed by atoms with E-state index in [1.54, 1.807) is 0 Å². The minimum Gasteiger partial charge on any atom is -0.374 e. The third-order valence-corrected chi connectivity index (χ3v) is 3.77. The smallest absolute Gasteiger partial charge is 0.158 e. The van der Waals surface area contributed by atoms with Gasteiger partial charge in [-0.2, -0.15) is 0 Å². The average Bonchev–Trinajstić information content (AvgIpc) is 2.74. The lowest BCUT2D eigenvalue weighted by Gasteiger charge is -2.18. The van der Waals surface area contributed by atoms with Gasteiger partial charge in [0.15, 0.2) is 5.82 Å². The number of aromatic nitrogens is 2. The molecule has 1 heterocycles. The van der Waals surface area contributed by atoms with Crippen molar-refractivity contribution in [2.45, 2.75) is 65.0 Å². The van der Waals surface area contributed by atoms with E-state index >= 15 is 0 Å². The summed E-state index contributed by atoms with van der Waals surface area (Å²) in [6.07, 6.45) is 7.83. The Bertz CT molecular complexity index is 417. The molecule has 0 aromatic carbocycles. The molecule has 0 unspecified atom stereocenters. The second kappa shape index (κ2) is 8.82. The van der Waals surface area contributed by atoms with Crippen LogP contribution < -0.4 is 10.6 Å². The van der Waals surface area contributed by atoms with Crippen LogP contribution in [0.3, 0.4) is 0 Å². The first-order valence-electron chi connectivity index (χ1n) is 8.28. The first-order chi connectivity index (χ1) is 10.3. The molecule has 118 valence electrons. The zero-order valence-corrected chi connectivity index (χ0v) is 13.3. The summed E-state index contributed by atoms with van der Waals surface area (Å²) in [4.78, 5) is 9.08. The fraction of sp³-hybridized carbons (Fsp3) is 0.750. The highest BCUT2D eigenvalue weighted by Crippen LogP contribution is 2.21. The Morgan fingerprint density at radius 3 is 2.48 bits per heavy atom.